The van der Waals surface area contributed by atoms with Crippen LogP contribution in [0.15, 0.2) is 97.1 Å². The molecule has 2 amide bonds. The molecule has 10 heteroatoms. The third-order valence-electron chi connectivity index (χ3n) is 11.2. The average molecular weight is 753 g/mol. The first-order valence-corrected chi connectivity index (χ1v) is 19.0. The Hall–Kier alpha value is -5.06. The molecule has 4 aromatic rings. The molecule has 5 rings (SSSR count). The lowest BCUT2D eigenvalue weighted by Crippen LogP contribution is -2.62. The summed E-state index contributed by atoms with van der Waals surface area (Å²) in [4.78, 5) is 30.1. The molecule has 0 heterocycles. The standard InChI is InChI=1S/C45H56N2O8/c1-29(2)39(44(50,31-19-9-13-23-35(31)52-5)32-20-10-14-24-36(32)53-6)46-41(48)43(27-17-18-28-43)42(49)47-40(30(3)4)45(51,33-21-11-15-25-37(33)54-7)34-22-12-16-26-38(34)55-8/h9-16,19-26,29-30,39-40,50-51H,17-18,27-28H2,1-8H3,(H,46,48)(H,47,49)/t39-,40-/m1/s1. The molecule has 55 heavy (non-hydrogen) atoms. The number of rotatable bonds is 16. The molecule has 4 aromatic carbocycles. The first-order chi connectivity index (χ1) is 26.3. The van der Waals surface area contributed by atoms with Crippen molar-refractivity contribution in [3.63, 3.8) is 0 Å². The molecule has 0 spiro atoms. The van der Waals surface area contributed by atoms with Crippen molar-refractivity contribution in [3.05, 3.63) is 119 Å². The van der Waals surface area contributed by atoms with E-state index in [1.807, 2.05) is 52.0 Å². The van der Waals surface area contributed by atoms with Crippen LogP contribution in [-0.2, 0) is 20.8 Å². The van der Waals surface area contributed by atoms with Gasteiger partial charge in [-0.05, 0) is 48.9 Å². The summed E-state index contributed by atoms with van der Waals surface area (Å²) < 4.78 is 23.1. The summed E-state index contributed by atoms with van der Waals surface area (Å²) in [6, 6.07) is 26.7. The number of benzene rings is 4. The zero-order valence-electron chi connectivity index (χ0n) is 33.2. The van der Waals surface area contributed by atoms with Crippen molar-refractivity contribution < 1.29 is 38.7 Å². The van der Waals surface area contributed by atoms with Gasteiger partial charge in [0.25, 0.3) is 0 Å². The highest BCUT2D eigenvalue weighted by Crippen LogP contribution is 2.48. The lowest BCUT2D eigenvalue weighted by atomic mass is 9.73. The Bertz CT molecular complexity index is 1710. The van der Waals surface area contributed by atoms with E-state index in [4.69, 9.17) is 18.9 Å². The van der Waals surface area contributed by atoms with Crippen LogP contribution >= 0.6 is 0 Å². The molecule has 1 fully saturated rings. The fourth-order valence-electron chi connectivity index (χ4n) is 8.40. The fraction of sp³-hybridized carbons (Fsp3) is 0.422. The van der Waals surface area contributed by atoms with Crippen LogP contribution in [0.2, 0.25) is 0 Å². The Labute approximate surface area is 325 Å². The van der Waals surface area contributed by atoms with Crippen LogP contribution in [0, 0.1) is 17.3 Å². The summed E-state index contributed by atoms with van der Waals surface area (Å²) in [5, 5.41) is 32.7. The van der Waals surface area contributed by atoms with E-state index in [-0.39, 0.29) is 24.7 Å². The van der Waals surface area contributed by atoms with Crippen molar-refractivity contribution in [1.82, 2.24) is 10.6 Å². The van der Waals surface area contributed by atoms with E-state index in [1.54, 1.807) is 72.8 Å². The van der Waals surface area contributed by atoms with Gasteiger partial charge in [0.15, 0.2) is 0 Å². The highest BCUT2D eigenvalue weighted by Gasteiger charge is 2.55. The van der Waals surface area contributed by atoms with E-state index < -0.39 is 40.5 Å². The second-order valence-electron chi connectivity index (χ2n) is 15.0. The topological polar surface area (TPSA) is 136 Å². The van der Waals surface area contributed by atoms with E-state index in [0.29, 0.717) is 58.1 Å². The van der Waals surface area contributed by atoms with Gasteiger partial charge in [0, 0.05) is 22.3 Å². The molecule has 4 N–H and O–H groups in total. The first-order valence-electron chi connectivity index (χ1n) is 19.0. The van der Waals surface area contributed by atoms with Crippen LogP contribution in [0.1, 0.15) is 75.6 Å². The predicted octanol–water partition coefficient (Wildman–Crippen LogP) is 6.74. The Morgan fingerprint density at radius 3 is 1.02 bits per heavy atom. The highest BCUT2D eigenvalue weighted by molar-refractivity contribution is 6.05. The minimum Gasteiger partial charge on any atom is -0.496 e. The predicted molar refractivity (Wildman–Crippen MR) is 212 cm³/mol. The van der Waals surface area contributed by atoms with Gasteiger partial charge >= 0.3 is 0 Å². The van der Waals surface area contributed by atoms with Crippen LogP contribution < -0.4 is 29.6 Å². The van der Waals surface area contributed by atoms with E-state index in [1.165, 1.54) is 28.4 Å². The van der Waals surface area contributed by atoms with Crippen molar-refractivity contribution in [1.29, 1.82) is 0 Å². The van der Waals surface area contributed by atoms with Gasteiger partial charge in [-0.2, -0.15) is 0 Å². The first kappa shape index (κ1) is 41.1. The number of ether oxygens (including phenoxy) is 4. The van der Waals surface area contributed by atoms with Crippen molar-refractivity contribution in [2.45, 2.75) is 76.7 Å². The molecule has 0 bridgehead atoms. The normalized spacial score (nSPS) is 15.3. The molecule has 0 aromatic heterocycles. The van der Waals surface area contributed by atoms with Crippen LogP contribution in [0.25, 0.3) is 0 Å². The molecule has 0 unspecified atom stereocenters. The van der Waals surface area contributed by atoms with Crippen molar-refractivity contribution >= 4 is 11.8 Å². The fourth-order valence-corrected chi connectivity index (χ4v) is 8.40. The van der Waals surface area contributed by atoms with Crippen molar-refractivity contribution in [2.75, 3.05) is 28.4 Å². The number of para-hydroxylation sites is 4. The number of hydrogen-bond acceptors (Lipinski definition) is 8. The van der Waals surface area contributed by atoms with E-state index >= 15 is 9.59 Å². The van der Waals surface area contributed by atoms with Crippen LogP contribution in [0.4, 0.5) is 0 Å². The van der Waals surface area contributed by atoms with Gasteiger partial charge in [0.05, 0.1) is 40.5 Å². The number of methoxy groups -OCH3 is 4. The van der Waals surface area contributed by atoms with E-state index in [9.17, 15) is 10.2 Å². The molecule has 2 atom stereocenters. The second kappa shape index (κ2) is 17.2. The number of carbonyl (C=O) groups excluding carboxylic acids is 2. The lowest BCUT2D eigenvalue weighted by molar-refractivity contribution is -0.147. The minimum absolute atomic E-state index is 0.282. The molecule has 10 nitrogen and oxygen atoms in total. The number of carbonyl (C=O) groups is 2. The summed E-state index contributed by atoms with van der Waals surface area (Å²) in [6.45, 7) is 7.66. The summed E-state index contributed by atoms with van der Waals surface area (Å²) >= 11 is 0. The highest BCUT2D eigenvalue weighted by atomic mass is 16.5. The SMILES string of the molecule is COc1ccccc1C(O)(c1ccccc1OC)[C@H](NC(=O)C1(C(=O)N[C@H](C(C)C)C(O)(c2ccccc2OC)c2ccccc2OC)CCCC1)C(C)C. The Kier molecular flexibility index (Phi) is 12.8. The molecule has 0 saturated heterocycles. The Morgan fingerprint density at radius 2 is 0.782 bits per heavy atom. The van der Waals surface area contributed by atoms with Crippen molar-refractivity contribution in [3.8, 4) is 23.0 Å². The zero-order chi connectivity index (χ0) is 40.0. The number of amides is 2. The maximum Gasteiger partial charge on any atom is 0.236 e. The lowest BCUT2D eigenvalue weighted by Gasteiger charge is -2.44. The average Bonchev–Trinajstić information content (AvgIpc) is 3.72. The largest absolute Gasteiger partial charge is 0.496 e. The van der Waals surface area contributed by atoms with Crippen LogP contribution in [0.5, 0.6) is 23.0 Å². The quantitative estimate of drug-likeness (QED) is 0.0926. The molecule has 294 valence electrons. The molecule has 1 saturated carbocycles. The third kappa shape index (κ3) is 7.50. The minimum atomic E-state index is -1.85. The smallest absolute Gasteiger partial charge is 0.236 e. The number of aliphatic hydroxyl groups is 2. The monoisotopic (exact) mass is 752 g/mol. The Balaban J connectivity index is 1.62. The van der Waals surface area contributed by atoms with Crippen LogP contribution in [-0.4, -0.2) is 62.6 Å². The van der Waals surface area contributed by atoms with Crippen molar-refractivity contribution in [2.24, 2.45) is 17.3 Å². The number of hydrogen-bond donors (Lipinski definition) is 4. The van der Waals surface area contributed by atoms with E-state index in [2.05, 4.69) is 10.6 Å². The van der Waals surface area contributed by atoms with Gasteiger partial charge in [-0.25, -0.2) is 0 Å². The summed E-state index contributed by atoms with van der Waals surface area (Å²) in [5.41, 5.74) is -3.48. The summed E-state index contributed by atoms with van der Waals surface area (Å²) in [6.07, 6.45) is 1.85. The molecule has 0 aliphatic heterocycles. The summed E-state index contributed by atoms with van der Waals surface area (Å²) in [5.74, 6) is 0.0124. The molecular weight excluding hydrogens is 697 g/mol. The Morgan fingerprint density at radius 1 is 0.527 bits per heavy atom. The molecular formula is C45H56N2O8. The van der Waals surface area contributed by atoms with Gasteiger partial charge in [-0.15, -0.1) is 0 Å². The second-order valence-corrected chi connectivity index (χ2v) is 15.0. The van der Waals surface area contributed by atoms with Gasteiger partial charge in [0.2, 0.25) is 11.8 Å². The summed E-state index contributed by atoms with van der Waals surface area (Å²) in [7, 11) is 6.13. The third-order valence-corrected chi connectivity index (χ3v) is 11.2. The maximum atomic E-state index is 15.0. The van der Waals surface area contributed by atoms with Gasteiger partial charge < -0.3 is 39.8 Å². The zero-order valence-corrected chi connectivity index (χ0v) is 33.2. The maximum absolute atomic E-state index is 15.0. The van der Waals surface area contributed by atoms with Gasteiger partial charge in [-0.3, -0.25) is 9.59 Å². The van der Waals surface area contributed by atoms with Gasteiger partial charge in [0.1, 0.15) is 39.6 Å². The molecule has 1 aliphatic rings. The van der Waals surface area contributed by atoms with Crippen LogP contribution in [0.3, 0.4) is 0 Å². The molecule has 0 radical (unpaired) electrons. The number of nitrogens with one attached hydrogen (secondary N) is 2. The molecule has 1 aliphatic carbocycles. The van der Waals surface area contributed by atoms with Gasteiger partial charge in [-0.1, -0.05) is 113 Å². The van der Waals surface area contributed by atoms with E-state index in [0.717, 1.165) is 0 Å².